The van der Waals surface area contributed by atoms with E-state index in [1.165, 1.54) is 35.0 Å². The maximum Gasteiger partial charge on any atom is 0.293 e. The molecular formula is C46H52ClN7O8S. The van der Waals surface area contributed by atoms with Crippen LogP contribution >= 0.6 is 11.6 Å². The number of nitro benzene ring substituents is 1. The third-order valence-corrected chi connectivity index (χ3v) is 13.7. The summed E-state index contributed by atoms with van der Waals surface area (Å²) in [5, 5.41) is 16.5. The highest BCUT2D eigenvalue weighted by molar-refractivity contribution is 7.90. The molecule has 5 aromatic rings. The fourth-order valence-corrected chi connectivity index (χ4v) is 9.85. The van der Waals surface area contributed by atoms with Crippen LogP contribution in [0, 0.1) is 15.5 Å². The fourth-order valence-electron chi connectivity index (χ4n) is 8.74. The number of sulfonamides is 1. The summed E-state index contributed by atoms with van der Waals surface area (Å²) < 4.78 is 46.9. The first-order chi connectivity index (χ1) is 30.1. The Balaban J connectivity index is 1.04. The average Bonchev–Trinajstić information content (AvgIpc) is 3.73. The highest BCUT2D eigenvalue weighted by Crippen LogP contribution is 2.44. The van der Waals surface area contributed by atoms with E-state index in [2.05, 4.69) is 69.6 Å². The van der Waals surface area contributed by atoms with E-state index in [0.29, 0.717) is 44.3 Å². The summed E-state index contributed by atoms with van der Waals surface area (Å²) in [6.07, 6.45) is 6.10. The van der Waals surface area contributed by atoms with E-state index < -0.39 is 31.4 Å². The number of ether oxygens (including phenoxy) is 3. The summed E-state index contributed by atoms with van der Waals surface area (Å²) >= 11 is 6.27. The Morgan fingerprint density at radius 3 is 2.56 bits per heavy atom. The molecule has 0 saturated carbocycles. The summed E-state index contributed by atoms with van der Waals surface area (Å²) in [5.74, 6) is -0.521. The van der Waals surface area contributed by atoms with Crippen LogP contribution in [-0.2, 0) is 19.5 Å². The maximum absolute atomic E-state index is 14.0. The molecule has 1 aliphatic carbocycles. The Morgan fingerprint density at radius 2 is 1.83 bits per heavy atom. The van der Waals surface area contributed by atoms with E-state index in [9.17, 15) is 23.3 Å². The number of hydrogen-bond acceptors (Lipinski definition) is 12. The molecule has 332 valence electrons. The summed E-state index contributed by atoms with van der Waals surface area (Å²) in [5.41, 5.74) is 5.30. The van der Waals surface area contributed by atoms with Gasteiger partial charge in [0, 0.05) is 72.7 Å². The van der Waals surface area contributed by atoms with Crippen LogP contribution in [0.4, 0.5) is 17.1 Å². The van der Waals surface area contributed by atoms with E-state index in [1.54, 1.807) is 30.5 Å². The van der Waals surface area contributed by atoms with Crippen LogP contribution in [0.5, 0.6) is 11.5 Å². The van der Waals surface area contributed by atoms with Crippen LogP contribution in [0.1, 0.15) is 62.9 Å². The largest absolute Gasteiger partial charge is 0.455 e. The van der Waals surface area contributed by atoms with Crippen LogP contribution in [-0.4, -0.2) is 98.3 Å². The number of rotatable bonds is 13. The number of nitrogens with one attached hydrogen (secondary N) is 3. The summed E-state index contributed by atoms with van der Waals surface area (Å²) in [7, 11) is -4.59. The van der Waals surface area contributed by atoms with Gasteiger partial charge in [-0.2, -0.15) is 0 Å². The fraction of sp³-hybridized carbons (Fsp3) is 0.391. The molecule has 2 aliphatic heterocycles. The Kier molecular flexibility index (Phi) is 12.8. The second kappa shape index (κ2) is 18.3. The van der Waals surface area contributed by atoms with Crippen molar-refractivity contribution in [1.82, 2.24) is 19.6 Å². The zero-order chi connectivity index (χ0) is 44.5. The van der Waals surface area contributed by atoms with Gasteiger partial charge in [-0.25, -0.2) is 18.1 Å². The Bertz CT molecular complexity index is 2630. The number of carbonyl (C=O) groups excluding carboxylic acids is 1. The number of anilines is 2. The van der Waals surface area contributed by atoms with Gasteiger partial charge in [-0.1, -0.05) is 43.2 Å². The number of allylic oxidation sites excluding steroid dienone is 1. The van der Waals surface area contributed by atoms with Crippen molar-refractivity contribution in [1.29, 1.82) is 0 Å². The maximum atomic E-state index is 14.0. The van der Waals surface area contributed by atoms with Gasteiger partial charge in [-0.05, 0) is 98.2 Å². The Labute approximate surface area is 372 Å². The highest BCUT2D eigenvalue weighted by Gasteiger charge is 2.34. The molecule has 4 heterocycles. The van der Waals surface area contributed by atoms with Crippen molar-refractivity contribution in [3.63, 3.8) is 0 Å². The number of benzene rings is 3. The van der Waals surface area contributed by atoms with Crippen LogP contribution in [0.3, 0.4) is 0 Å². The minimum Gasteiger partial charge on any atom is -0.455 e. The molecule has 17 heteroatoms. The van der Waals surface area contributed by atoms with Gasteiger partial charge in [-0.3, -0.25) is 19.8 Å². The molecule has 8 rings (SSSR count). The Hall–Kier alpha value is -5.52. The number of amides is 1. The van der Waals surface area contributed by atoms with Crippen LogP contribution in [0.25, 0.3) is 16.6 Å². The number of aromatic nitrogens is 2. The molecule has 3 aromatic carbocycles. The SMILES string of the molecule is C[C@@H]1CN(c2ccc(C(=O)NS(=O)(=O)c3ccc(NC[C@H]4COCCO4)c([N+](=O)[O-])c3)c(Oc3cnc4[nH]ccc4c3)c2)C[C@@H](C)N1CC1=C(c2ccc(Cl)cc2)CC(C)(C)CC1. The quantitative estimate of drug-likeness (QED) is 0.0760. The van der Waals surface area contributed by atoms with E-state index in [0.717, 1.165) is 48.0 Å². The van der Waals surface area contributed by atoms with Gasteiger partial charge >= 0.3 is 0 Å². The summed E-state index contributed by atoms with van der Waals surface area (Å²) in [6.45, 7) is 12.8. The number of halogens is 1. The van der Waals surface area contributed by atoms with Gasteiger partial charge in [0.2, 0.25) is 0 Å². The van der Waals surface area contributed by atoms with Crippen molar-refractivity contribution in [3.8, 4) is 11.5 Å². The molecule has 2 fully saturated rings. The van der Waals surface area contributed by atoms with Crippen molar-refractivity contribution >= 4 is 61.2 Å². The lowest BCUT2D eigenvalue weighted by Gasteiger charge is -2.47. The number of H-pyrrole nitrogens is 1. The molecule has 0 radical (unpaired) electrons. The number of piperazine rings is 1. The van der Waals surface area contributed by atoms with E-state index in [4.69, 9.17) is 25.8 Å². The van der Waals surface area contributed by atoms with Crippen molar-refractivity contribution in [2.24, 2.45) is 5.41 Å². The van der Waals surface area contributed by atoms with Gasteiger partial charge in [0.25, 0.3) is 21.6 Å². The van der Waals surface area contributed by atoms with Gasteiger partial charge in [0.05, 0.1) is 47.5 Å². The monoisotopic (exact) mass is 897 g/mol. The molecule has 0 bridgehead atoms. The third kappa shape index (κ3) is 10.2. The molecule has 2 saturated heterocycles. The predicted molar refractivity (Wildman–Crippen MR) is 243 cm³/mol. The second-order valence-corrected chi connectivity index (χ2v) is 19.5. The molecule has 3 N–H and O–H groups in total. The van der Waals surface area contributed by atoms with Crippen molar-refractivity contribution in [3.05, 3.63) is 117 Å². The molecule has 1 amide bonds. The Morgan fingerprint density at radius 1 is 1.05 bits per heavy atom. The molecule has 15 nitrogen and oxygen atoms in total. The number of carbonyl (C=O) groups is 1. The van der Waals surface area contributed by atoms with Gasteiger partial charge in [0.15, 0.2) is 0 Å². The first-order valence-electron chi connectivity index (χ1n) is 21.1. The number of fused-ring (bicyclic) bond motifs is 1. The average molecular weight is 898 g/mol. The zero-order valence-corrected chi connectivity index (χ0v) is 37.3. The molecular weight excluding hydrogens is 846 g/mol. The number of pyridine rings is 1. The predicted octanol–water partition coefficient (Wildman–Crippen LogP) is 8.43. The topological polar surface area (TPSA) is 181 Å². The summed E-state index contributed by atoms with van der Waals surface area (Å²) in [6, 6.07) is 20.6. The summed E-state index contributed by atoms with van der Waals surface area (Å²) in [4.78, 5) is 37.2. The number of nitrogens with zero attached hydrogens (tertiary/aromatic N) is 4. The van der Waals surface area contributed by atoms with E-state index >= 15 is 0 Å². The third-order valence-electron chi connectivity index (χ3n) is 12.1. The zero-order valence-electron chi connectivity index (χ0n) is 35.7. The molecule has 0 unspecified atom stereocenters. The normalized spacial score (nSPS) is 20.7. The first kappa shape index (κ1) is 44.1. The minimum atomic E-state index is -4.59. The van der Waals surface area contributed by atoms with E-state index in [-0.39, 0.29) is 47.1 Å². The molecule has 2 aromatic heterocycles. The van der Waals surface area contributed by atoms with Crippen LogP contribution in [0.15, 0.2) is 95.7 Å². The number of hydrogen-bond donors (Lipinski definition) is 3. The van der Waals surface area contributed by atoms with Crippen molar-refractivity contribution in [2.75, 3.05) is 56.2 Å². The number of nitro groups is 1. The minimum absolute atomic E-state index is 0.0550. The second-order valence-electron chi connectivity index (χ2n) is 17.4. The molecule has 63 heavy (non-hydrogen) atoms. The smallest absolute Gasteiger partial charge is 0.293 e. The highest BCUT2D eigenvalue weighted by atomic mass is 35.5. The van der Waals surface area contributed by atoms with E-state index in [1.807, 2.05) is 18.2 Å². The standard InChI is InChI=1S/C46H52ClN7O8S/c1-29-25-52(26-30(2)53(29)27-33-13-15-46(3,4)22-40(33)31-5-7-34(47)8-6-31)35-9-11-39(43(20-35)62-36-19-32-14-16-48-44(32)50-23-36)45(55)51-63(58,59)38-10-12-41(42(21-38)54(56)57)49-24-37-28-60-17-18-61-37/h5-12,14,16,19-21,23,29-30,37,49H,13,15,17-18,22,24-28H2,1-4H3,(H,48,50)(H,51,55)/t29-,30-,37+/m1/s1. The molecule has 3 aliphatic rings. The lowest BCUT2D eigenvalue weighted by molar-refractivity contribution is -0.384. The van der Waals surface area contributed by atoms with Gasteiger partial charge in [-0.15, -0.1) is 0 Å². The van der Waals surface area contributed by atoms with Gasteiger partial charge in [0.1, 0.15) is 22.8 Å². The van der Waals surface area contributed by atoms with Crippen molar-refractivity contribution in [2.45, 2.75) is 70.0 Å². The van der Waals surface area contributed by atoms with Crippen molar-refractivity contribution < 1.29 is 32.3 Å². The lowest BCUT2D eigenvalue weighted by Crippen LogP contribution is -2.57. The lowest BCUT2D eigenvalue weighted by atomic mass is 9.72. The first-order valence-corrected chi connectivity index (χ1v) is 23.0. The van der Waals surface area contributed by atoms with Gasteiger partial charge < -0.3 is 29.4 Å². The van der Waals surface area contributed by atoms with Crippen LogP contribution in [0.2, 0.25) is 5.02 Å². The molecule has 3 atom stereocenters. The molecule has 0 spiro atoms. The van der Waals surface area contributed by atoms with Crippen LogP contribution < -0.4 is 19.7 Å². The number of aromatic amines is 1.